The maximum absolute atomic E-state index is 7.11. The Morgan fingerprint density at radius 1 is 0.417 bits per heavy atom. The van der Waals surface area contributed by atoms with Crippen molar-refractivity contribution in [3.63, 3.8) is 0 Å². The molecule has 0 nitrogen and oxygen atoms in total. The Hall–Kier alpha value is -0.199. The van der Waals surface area contributed by atoms with E-state index in [0.717, 1.165) is 12.3 Å². The molecule has 0 saturated carbocycles. The molecule has 0 heterocycles. The van der Waals surface area contributed by atoms with Crippen LogP contribution in [0.3, 0.4) is 0 Å². The van der Waals surface area contributed by atoms with Crippen LogP contribution in [0.5, 0.6) is 0 Å². The van der Waals surface area contributed by atoms with E-state index in [9.17, 15) is 0 Å². The summed E-state index contributed by atoms with van der Waals surface area (Å²) < 4.78 is -3.49. The SMILES string of the molecule is Cc1ccc([P](CC[P](=[Au][Cl])(c2ccc(C)cc2)c2ccc(C)cc2)(=[Au][Cl])c2ccc(C)cc2)cc1. The van der Waals surface area contributed by atoms with Crippen LogP contribution in [0, 0.1) is 27.7 Å². The van der Waals surface area contributed by atoms with E-state index in [1.54, 1.807) is 0 Å². The van der Waals surface area contributed by atoms with Gasteiger partial charge in [0.1, 0.15) is 0 Å². The average Bonchev–Trinajstić information content (AvgIpc) is 2.90. The summed E-state index contributed by atoms with van der Waals surface area (Å²) in [5.74, 6) is 0. The Morgan fingerprint density at radius 2 is 0.611 bits per heavy atom. The molecule has 4 rings (SSSR count). The summed E-state index contributed by atoms with van der Waals surface area (Å²) in [5, 5.41) is 5.74. The van der Waals surface area contributed by atoms with E-state index in [1.165, 1.54) is 43.5 Å². The summed E-state index contributed by atoms with van der Waals surface area (Å²) in [6, 6.07) is 36.8. The Morgan fingerprint density at radius 3 is 0.778 bits per heavy atom. The van der Waals surface area contributed by atoms with Gasteiger partial charge in [-0.25, -0.2) is 0 Å². The molecular formula is C30H32Au2Cl2P2. The third kappa shape index (κ3) is 6.17. The van der Waals surface area contributed by atoms with Crippen LogP contribution in [0.15, 0.2) is 97.1 Å². The quantitative estimate of drug-likeness (QED) is 0.131. The van der Waals surface area contributed by atoms with E-state index in [1.807, 2.05) is 0 Å². The van der Waals surface area contributed by atoms with Gasteiger partial charge in [-0.3, -0.25) is 0 Å². The summed E-state index contributed by atoms with van der Waals surface area (Å²) in [5.41, 5.74) is 5.16. The fraction of sp³-hybridized carbons (Fsp3) is 0.200. The van der Waals surface area contributed by atoms with Crippen LogP contribution in [-0.2, 0) is 35.3 Å². The predicted octanol–water partition coefficient (Wildman–Crippen LogP) is 7.86. The van der Waals surface area contributed by atoms with Gasteiger partial charge in [-0.05, 0) is 0 Å². The van der Waals surface area contributed by atoms with Crippen molar-refractivity contribution in [2.75, 3.05) is 12.3 Å². The first kappa shape index (κ1) is 28.8. The van der Waals surface area contributed by atoms with Gasteiger partial charge in [-0.2, -0.15) is 0 Å². The van der Waals surface area contributed by atoms with Crippen LogP contribution in [0.25, 0.3) is 0 Å². The third-order valence-corrected chi connectivity index (χ3v) is 35.1. The van der Waals surface area contributed by atoms with Gasteiger partial charge in [-0.1, -0.05) is 0 Å². The van der Waals surface area contributed by atoms with Crippen molar-refractivity contribution >= 4 is 49.0 Å². The zero-order valence-electron chi connectivity index (χ0n) is 20.9. The van der Waals surface area contributed by atoms with Crippen molar-refractivity contribution in [2.45, 2.75) is 27.7 Å². The summed E-state index contributed by atoms with van der Waals surface area (Å²) in [4.78, 5) is 0. The zero-order chi connectivity index (χ0) is 25.8. The second kappa shape index (κ2) is 12.8. The fourth-order valence-electron chi connectivity index (χ4n) is 4.32. The number of aryl methyl sites for hydroxylation is 4. The van der Waals surface area contributed by atoms with Crippen molar-refractivity contribution in [2.24, 2.45) is 0 Å². The van der Waals surface area contributed by atoms with Crippen molar-refractivity contribution in [3.8, 4) is 0 Å². The van der Waals surface area contributed by atoms with Gasteiger partial charge in [0.05, 0.1) is 0 Å². The topological polar surface area (TPSA) is 0 Å². The van der Waals surface area contributed by atoms with Gasteiger partial charge in [0.2, 0.25) is 0 Å². The molecule has 0 bridgehead atoms. The Balaban J connectivity index is 1.89. The molecule has 0 N–H and O–H groups in total. The van der Waals surface area contributed by atoms with Crippen LogP contribution in [-0.4, -0.2) is 12.3 Å². The summed E-state index contributed by atoms with van der Waals surface area (Å²) in [6.07, 6.45) is 2.20. The summed E-state index contributed by atoms with van der Waals surface area (Å²) in [6.45, 7) is 8.64. The minimum absolute atomic E-state index is 0.425. The maximum atomic E-state index is 7.11. The second-order valence-electron chi connectivity index (χ2n) is 9.21. The molecular weight excluding hydrogens is 887 g/mol. The van der Waals surface area contributed by atoms with E-state index in [2.05, 4.69) is 125 Å². The first-order valence-corrected chi connectivity index (χ1v) is 26.6. The summed E-state index contributed by atoms with van der Waals surface area (Å²) >= 11 is -0.849. The van der Waals surface area contributed by atoms with Gasteiger partial charge in [0.15, 0.2) is 0 Å². The van der Waals surface area contributed by atoms with Gasteiger partial charge < -0.3 is 0 Å². The van der Waals surface area contributed by atoms with Gasteiger partial charge in [0, 0.05) is 0 Å². The van der Waals surface area contributed by atoms with Crippen LogP contribution < -0.4 is 21.2 Å². The molecule has 0 amide bonds. The normalized spacial score (nSPS) is 12.3. The minimum atomic E-state index is -1.74. The average molecular weight is 919 g/mol. The Bertz CT molecular complexity index is 1210. The molecule has 0 spiro atoms. The number of benzene rings is 4. The molecule has 4 aromatic rings. The summed E-state index contributed by atoms with van der Waals surface area (Å²) in [7, 11) is 14.2. The number of hydrogen-bond donors (Lipinski definition) is 0. The molecule has 36 heavy (non-hydrogen) atoms. The van der Waals surface area contributed by atoms with Crippen molar-refractivity contribution in [1.29, 1.82) is 0 Å². The van der Waals surface area contributed by atoms with E-state index >= 15 is 0 Å². The third-order valence-electron chi connectivity index (χ3n) is 6.55. The van der Waals surface area contributed by atoms with E-state index < -0.39 is 44.7 Å². The first-order chi connectivity index (χ1) is 17.3. The van der Waals surface area contributed by atoms with Gasteiger partial charge >= 0.3 is 244 Å². The van der Waals surface area contributed by atoms with E-state index in [0.29, 0.717) is 0 Å². The molecule has 198 valence electrons. The van der Waals surface area contributed by atoms with Crippen LogP contribution in [0.4, 0.5) is 0 Å². The molecule has 0 aliphatic heterocycles. The monoisotopic (exact) mass is 918 g/mol. The van der Waals surface area contributed by atoms with Crippen LogP contribution in [0.1, 0.15) is 22.3 Å². The van der Waals surface area contributed by atoms with E-state index in [-0.39, 0.29) is 0 Å². The van der Waals surface area contributed by atoms with Crippen molar-refractivity contribution < 1.29 is 35.3 Å². The molecule has 0 atom stereocenters. The molecule has 4 aromatic carbocycles. The Labute approximate surface area is 241 Å². The second-order valence-corrected chi connectivity index (χ2v) is 32.1. The van der Waals surface area contributed by atoms with E-state index in [4.69, 9.17) is 18.4 Å². The van der Waals surface area contributed by atoms with Crippen LogP contribution in [0.2, 0.25) is 0 Å². The standard InChI is InChI=1S/C30H32P2.2Au.2ClH/c1-23-5-13-27(14-6-23)31(28-15-7-24(2)8-16-28)21-22-32(29-17-9-25(3)10-18-29)30-19-11-26(4)12-20-30;;;;/h5-20H,21-22H2,1-4H3;;;2*1H/q;2*+1;;/p-2. The number of halogens is 2. The predicted molar refractivity (Wildman–Crippen MR) is 159 cm³/mol. The van der Waals surface area contributed by atoms with Gasteiger partial charge in [0.25, 0.3) is 0 Å². The molecule has 6 heteroatoms. The number of hydrogen-bond acceptors (Lipinski definition) is 0. The molecule has 0 fully saturated rings. The molecule has 0 aromatic heterocycles. The fourth-order valence-corrected chi connectivity index (χ4v) is 30.5. The molecule has 0 saturated heterocycles. The van der Waals surface area contributed by atoms with Crippen molar-refractivity contribution in [3.05, 3.63) is 119 Å². The molecule has 0 aliphatic carbocycles. The Kier molecular flexibility index (Phi) is 10.2. The molecule has 0 radical (unpaired) electrons. The first-order valence-electron chi connectivity index (χ1n) is 11.8. The van der Waals surface area contributed by atoms with Crippen molar-refractivity contribution in [1.82, 2.24) is 0 Å². The number of rotatable bonds is 7. The van der Waals surface area contributed by atoms with Gasteiger partial charge in [-0.15, -0.1) is 0 Å². The molecule has 0 aliphatic rings. The molecule has 0 unspecified atom stereocenters. The van der Waals surface area contributed by atoms with Crippen LogP contribution >= 0.6 is 27.8 Å². The zero-order valence-corrected chi connectivity index (χ0v) is 28.5.